The van der Waals surface area contributed by atoms with Gasteiger partial charge in [-0.15, -0.1) is 11.3 Å². The van der Waals surface area contributed by atoms with Crippen LogP contribution in [0.5, 0.6) is 0 Å². The minimum Gasteiger partial charge on any atom is -0.459 e. The van der Waals surface area contributed by atoms with Crippen LogP contribution in [-0.2, 0) is 16.1 Å². The van der Waals surface area contributed by atoms with E-state index in [4.69, 9.17) is 10.5 Å². The second kappa shape index (κ2) is 8.82. The molecule has 156 valence electrons. The van der Waals surface area contributed by atoms with Crippen LogP contribution in [0.1, 0.15) is 51.6 Å². The molecule has 0 atom stereocenters. The van der Waals surface area contributed by atoms with Crippen molar-refractivity contribution in [3.8, 4) is 0 Å². The zero-order valence-corrected chi connectivity index (χ0v) is 17.2. The van der Waals surface area contributed by atoms with E-state index in [2.05, 4.69) is 10.4 Å². The number of amides is 2. The first-order valence-electron chi connectivity index (χ1n) is 8.64. The van der Waals surface area contributed by atoms with Gasteiger partial charge in [-0.1, -0.05) is 0 Å². The van der Waals surface area contributed by atoms with E-state index in [0.717, 1.165) is 11.3 Å². The highest BCUT2D eigenvalue weighted by molar-refractivity contribution is 7.18. The molecule has 29 heavy (non-hydrogen) atoms. The number of carbonyl (C=O) groups is 3. The molecule has 2 heterocycles. The average molecular weight is 423 g/mol. The highest BCUT2D eigenvalue weighted by atomic mass is 32.1. The maximum atomic E-state index is 12.4. The number of hydrogen-bond acceptors (Lipinski definition) is 8. The molecule has 0 aliphatic carbocycles. The SMILES string of the molecule is Cc1c(C(N)=O)sc(NC(=O)CCn2nc([N+](=O)[O-])cc2C)c1C(=O)OC(C)C. The lowest BCUT2D eigenvalue weighted by atomic mass is 10.1. The maximum absolute atomic E-state index is 12.4. The Balaban J connectivity index is 2.18. The number of hydrogen-bond donors (Lipinski definition) is 2. The molecule has 0 aliphatic rings. The smallest absolute Gasteiger partial charge is 0.390 e. The number of nitrogens with zero attached hydrogens (tertiary/aromatic N) is 3. The molecule has 2 rings (SSSR count). The lowest BCUT2D eigenvalue weighted by Crippen LogP contribution is -2.18. The minimum absolute atomic E-state index is 0.0544. The van der Waals surface area contributed by atoms with Gasteiger partial charge in [-0.2, -0.15) is 4.68 Å². The third-order valence-electron chi connectivity index (χ3n) is 3.88. The number of nitro groups is 1. The molecular weight excluding hydrogens is 402 g/mol. The Morgan fingerprint density at radius 3 is 2.55 bits per heavy atom. The van der Waals surface area contributed by atoms with E-state index in [-0.39, 0.29) is 40.3 Å². The average Bonchev–Trinajstić information content (AvgIpc) is 3.12. The fourth-order valence-corrected chi connectivity index (χ4v) is 3.62. The minimum atomic E-state index is -0.717. The van der Waals surface area contributed by atoms with Crippen LogP contribution in [-0.4, -0.2) is 38.6 Å². The Morgan fingerprint density at radius 1 is 1.38 bits per heavy atom. The molecule has 0 aliphatic heterocycles. The topological polar surface area (TPSA) is 159 Å². The first kappa shape index (κ1) is 22.0. The number of thiophene rings is 1. The van der Waals surface area contributed by atoms with Gasteiger partial charge in [0.2, 0.25) is 5.91 Å². The fourth-order valence-electron chi connectivity index (χ4n) is 2.56. The Labute approximate surface area is 170 Å². The van der Waals surface area contributed by atoms with Crippen LogP contribution >= 0.6 is 11.3 Å². The summed E-state index contributed by atoms with van der Waals surface area (Å²) in [6.07, 6.45) is -0.442. The predicted octanol–water partition coefficient (Wildman–Crippen LogP) is 2.16. The maximum Gasteiger partial charge on any atom is 0.390 e. The molecular formula is C17H21N5O6S. The molecule has 0 saturated carbocycles. The van der Waals surface area contributed by atoms with Gasteiger partial charge in [0.05, 0.1) is 39.9 Å². The molecule has 2 aromatic rings. The number of nitrogens with one attached hydrogen (secondary N) is 1. The summed E-state index contributed by atoms with van der Waals surface area (Å²) in [5.74, 6) is -2.15. The molecule has 0 radical (unpaired) electrons. The third kappa shape index (κ3) is 5.16. The van der Waals surface area contributed by atoms with E-state index < -0.39 is 22.7 Å². The van der Waals surface area contributed by atoms with E-state index in [9.17, 15) is 24.5 Å². The summed E-state index contributed by atoms with van der Waals surface area (Å²) in [6.45, 7) is 6.65. The molecule has 0 spiro atoms. The lowest BCUT2D eigenvalue weighted by molar-refractivity contribution is -0.389. The molecule has 0 aromatic carbocycles. The van der Waals surface area contributed by atoms with Gasteiger partial charge in [0.25, 0.3) is 5.91 Å². The van der Waals surface area contributed by atoms with E-state index in [1.54, 1.807) is 27.7 Å². The monoisotopic (exact) mass is 423 g/mol. The largest absolute Gasteiger partial charge is 0.459 e. The normalized spacial score (nSPS) is 10.8. The molecule has 2 amide bonds. The van der Waals surface area contributed by atoms with Crippen molar-refractivity contribution in [3.05, 3.63) is 37.9 Å². The number of ether oxygens (including phenoxy) is 1. The number of nitrogens with two attached hydrogens (primary N) is 1. The van der Waals surface area contributed by atoms with Gasteiger partial charge in [-0.25, -0.2) is 4.79 Å². The Hall–Kier alpha value is -3.28. The van der Waals surface area contributed by atoms with Crippen LogP contribution in [0, 0.1) is 24.0 Å². The Morgan fingerprint density at radius 2 is 2.03 bits per heavy atom. The highest BCUT2D eigenvalue weighted by Gasteiger charge is 2.26. The van der Waals surface area contributed by atoms with Gasteiger partial charge < -0.3 is 25.9 Å². The lowest BCUT2D eigenvalue weighted by Gasteiger charge is -2.10. The van der Waals surface area contributed by atoms with Gasteiger partial charge in [0, 0.05) is 6.42 Å². The van der Waals surface area contributed by atoms with E-state index in [1.165, 1.54) is 10.7 Å². The molecule has 2 aromatic heterocycles. The first-order valence-corrected chi connectivity index (χ1v) is 9.45. The number of primary amides is 1. The summed E-state index contributed by atoms with van der Waals surface area (Å²) < 4.78 is 6.54. The zero-order chi connectivity index (χ0) is 21.9. The standard InChI is InChI=1S/C17H21N5O6S/c1-8(2)28-17(25)13-10(4)14(15(18)24)29-16(13)19-12(23)5-6-21-9(3)7-11(20-21)22(26)27/h7-8H,5-6H2,1-4H3,(H2,18,24)(H,19,23). The summed E-state index contributed by atoms with van der Waals surface area (Å²) in [5, 5.41) is 17.4. The van der Waals surface area contributed by atoms with E-state index in [1.807, 2.05) is 0 Å². The first-order chi connectivity index (χ1) is 13.5. The summed E-state index contributed by atoms with van der Waals surface area (Å²) in [5.41, 5.74) is 6.30. The number of esters is 1. The number of aromatic nitrogens is 2. The van der Waals surface area contributed by atoms with Crippen molar-refractivity contribution in [2.45, 2.75) is 46.8 Å². The van der Waals surface area contributed by atoms with Crippen molar-refractivity contribution >= 4 is 39.9 Å². The van der Waals surface area contributed by atoms with E-state index >= 15 is 0 Å². The van der Waals surface area contributed by atoms with Gasteiger partial charge in [-0.3, -0.25) is 9.59 Å². The second-order valence-corrected chi connectivity index (χ2v) is 7.52. The van der Waals surface area contributed by atoms with Crippen molar-refractivity contribution in [2.75, 3.05) is 5.32 Å². The molecule has 12 heteroatoms. The van der Waals surface area contributed by atoms with Crippen LogP contribution in [0.2, 0.25) is 0 Å². The van der Waals surface area contributed by atoms with Crippen molar-refractivity contribution in [2.24, 2.45) is 5.73 Å². The van der Waals surface area contributed by atoms with Gasteiger partial charge >= 0.3 is 11.8 Å². The van der Waals surface area contributed by atoms with Crippen molar-refractivity contribution in [1.29, 1.82) is 0 Å². The summed E-state index contributed by atoms with van der Waals surface area (Å²) in [6, 6.07) is 1.31. The van der Waals surface area contributed by atoms with Gasteiger partial charge in [-0.05, 0) is 38.2 Å². The van der Waals surface area contributed by atoms with Crippen LogP contribution in [0.15, 0.2) is 6.07 Å². The Bertz CT molecular complexity index is 977. The van der Waals surface area contributed by atoms with Crippen molar-refractivity contribution in [1.82, 2.24) is 9.78 Å². The van der Waals surface area contributed by atoms with Gasteiger partial charge in [0.15, 0.2) is 0 Å². The fraction of sp³-hybridized carbons (Fsp3) is 0.412. The summed E-state index contributed by atoms with van der Waals surface area (Å²) in [7, 11) is 0. The van der Waals surface area contributed by atoms with E-state index in [0.29, 0.717) is 11.3 Å². The molecule has 3 N–H and O–H groups in total. The zero-order valence-electron chi connectivity index (χ0n) is 16.3. The number of anilines is 1. The van der Waals surface area contributed by atoms with Crippen LogP contribution < -0.4 is 11.1 Å². The predicted molar refractivity (Wildman–Crippen MR) is 105 cm³/mol. The molecule has 0 saturated heterocycles. The van der Waals surface area contributed by atoms with Crippen LogP contribution in [0.3, 0.4) is 0 Å². The molecule has 0 fully saturated rings. The summed E-state index contributed by atoms with van der Waals surface area (Å²) >= 11 is 0.892. The third-order valence-corrected chi connectivity index (χ3v) is 5.10. The van der Waals surface area contributed by atoms with Crippen molar-refractivity contribution < 1.29 is 24.0 Å². The molecule has 0 bridgehead atoms. The second-order valence-electron chi connectivity index (χ2n) is 6.50. The summed E-state index contributed by atoms with van der Waals surface area (Å²) in [4.78, 5) is 46.7. The number of carbonyl (C=O) groups excluding carboxylic acids is 3. The highest BCUT2D eigenvalue weighted by Crippen LogP contribution is 2.33. The van der Waals surface area contributed by atoms with Crippen LogP contribution in [0.4, 0.5) is 10.8 Å². The number of rotatable bonds is 8. The molecule has 11 nitrogen and oxygen atoms in total. The number of aryl methyl sites for hydroxylation is 2. The van der Waals surface area contributed by atoms with Crippen LogP contribution in [0.25, 0.3) is 0 Å². The van der Waals surface area contributed by atoms with Gasteiger partial charge in [0.1, 0.15) is 5.00 Å². The molecule has 0 unspecified atom stereocenters. The Kier molecular flexibility index (Phi) is 6.69. The quantitative estimate of drug-likeness (QED) is 0.374. The van der Waals surface area contributed by atoms with Crippen molar-refractivity contribution in [3.63, 3.8) is 0 Å².